The second-order valence-corrected chi connectivity index (χ2v) is 10.7. The molecule has 0 aliphatic carbocycles. The number of carbonyl (C=O) groups is 2. The van der Waals surface area contributed by atoms with Gasteiger partial charge < -0.3 is 9.80 Å². The van der Waals surface area contributed by atoms with Crippen molar-refractivity contribution in [3.05, 3.63) is 125 Å². The number of amides is 2. The molecule has 0 N–H and O–H groups in total. The maximum atomic E-state index is 13.7. The fraction of sp³-hybridized carbons (Fsp3) is 0.103. The Kier molecular flexibility index (Phi) is 6.35. The van der Waals surface area contributed by atoms with Crippen LogP contribution in [-0.2, 0) is 22.9 Å². The summed E-state index contributed by atoms with van der Waals surface area (Å²) < 4.78 is 40.8. The summed E-state index contributed by atoms with van der Waals surface area (Å²) in [5, 5.41) is 0. The lowest BCUT2D eigenvalue weighted by Crippen LogP contribution is -2.31. The SMILES string of the molecule is CN(Cc1ccccc1)C(=O)c1ccc2c(c1)N(Cc1ccc(F)cc1)C(=O)c1ccccc1S2(=O)=O. The first-order chi connectivity index (χ1) is 17.8. The highest BCUT2D eigenvalue weighted by Crippen LogP contribution is 2.38. The van der Waals surface area contributed by atoms with E-state index in [1.54, 1.807) is 19.2 Å². The zero-order valence-corrected chi connectivity index (χ0v) is 20.8. The Morgan fingerprint density at radius 1 is 0.838 bits per heavy atom. The van der Waals surface area contributed by atoms with E-state index in [9.17, 15) is 22.4 Å². The van der Waals surface area contributed by atoms with Gasteiger partial charge in [-0.2, -0.15) is 0 Å². The Morgan fingerprint density at radius 3 is 2.24 bits per heavy atom. The van der Waals surface area contributed by atoms with E-state index in [1.807, 2.05) is 30.3 Å². The van der Waals surface area contributed by atoms with Crippen LogP contribution in [-0.4, -0.2) is 32.2 Å². The van der Waals surface area contributed by atoms with Crippen molar-refractivity contribution in [2.75, 3.05) is 11.9 Å². The van der Waals surface area contributed by atoms with Gasteiger partial charge in [-0.3, -0.25) is 9.59 Å². The zero-order chi connectivity index (χ0) is 26.2. The van der Waals surface area contributed by atoms with Gasteiger partial charge in [-0.1, -0.05) is 54.6 Å². The molecule has 37 heavy (non-hydrogen) atoms. The highest BCUT2D eigenvalue weighted by molar-refractivity contribution is 7.91. The molecule has 4 aromatic carbocycles. The largest absolute Gasteiger partial charge is 0.337 e. The molecule has 1 aliphatic heterocycles. The zero-order valence-electron chi connectivity index (χ0n) is 20.0. The normalized spacial score (nSPS) is 13.9. The maximum Gasteiger partial charge on any atom is 0.259 e. The van der Waals surface area contributed by atoms with Gasteiger partial charge in [0.25, 0.3) is 11.8 Å². The predicted molar refractivity (Wildman–Crippen MR) is 137 cm³/mol. The molecule has 0 spiro atoms. The fourth-order valence-corrected chi connectivity index (χ4v) is 6.05. The van der Waals surface area contributed by atoms with Crippen molar-refractivity contribution < 1.29 is 22.4 Å². The predicted octanol–water partition coefficient (Wildman–Crippen LogP) is 5.09. The minimum absolute atomic E-state index is 0.00648. The first-order valence-corrected chi connectivity index (χ1v) is 13.1. The standard InChI is InChI=1S/C29H23FN2O4S/c1-31(18-20-7-3-2-4-8-20)28(33)22-13-16-27-25(17-22)32(19-21-11-14-23(30)15-12-21)29(34)24-9-5-6-10-26(24)37(27,35)36/h2-17H,18-19H2,1H3. The average Bonchev–Trinajstić information content (AvgIpc) is 2.98. The van der Waals surface area contributed by atoms with Crippen molar-refractivity contribution in [2.24, 2.45) is 0 Å². The van der Waals surface area contributed by atoms with Gasteiger partial charge in [0, 0.05) is 19.2 Å². The summed E-state index contributed by atoms with van der Waals surface area (Å²) in [6, 6.07) is 25.5. The van der Waals surface area contributed by atoms with Crippen LogP contribution in [0.3, 0.4) is 0 Å². The van der Waals surface area contributed by atoms with Crippen LogP contribution in [0.1, 0.15) is 31.8 Å². The molecule has 0 atom stereocenters. The first kappa shape index (κ1) is 24.4. The number of sulfone groups is 1. The number of benzene rings is 4. The van der Waals surface area contributed by atoms with Crippen LogP contribution in [0.4, 0.5) is 10.1 Å². The lowest BCUT2D eigenvalue weighted by atomic mass is 10.1. The van der Waals surface area contributed by atoms with Crippen LogP contribution in [0.15, 0.2) is 107 Å². The third kappa shape index (κ3) is 4.63. The van der Waals surface area contributed by atoms with E-state index in [4.69, 9.17) is 0 Å². The topological polar surface area (TPSA) is 74.8 Å². The van der Waals surface area contributed by atoms with Crippen LogP contribution >= 0.6 is 0 Å². The summed E-state index contributed by atoms with van der Waals surface area (Å²) in [4.78, 5) is 29.7. The Morgan fingerprint density at radius 2 is 1.51 bits per heavy atom. The molecule has 2 amide bonds. The monoisotopic (exact) mass is 514 g/mol. The van der Waals surface area contributed by atoms with Crippen LogP contribution in [0, 0.1) is 5.82 Å². The Balaban J connectivity index is 1.61. The molecule has 5 rings (SSSR count). The van der Waals surface area contributed by atoms with Gasteiger partial charge in [0.15, 0.2) is 0 Å². The number of rotatable bonds is 5. The van der Waals surface area contributed by atoms with Gasteiger partial charge in [0.1, 0.15) is 5.82 Å². The summed E-state index contributed by atoms with van der Waals surface area (Å²) in [7, 11) is -2.40. The molecule has 186 valence electrons. The average molecular weight is 515 g/mol. The van der Waals surface area contributed by atoms with Crippen molar-refractivity contribution >= 4 is 27.3 Å². The summed E-state index contributed by atoms with van der Waals surface area (Å²) in [5.74, 6) is -1.27. The van der Waals surface area contributed by atoms with E-state index in [0.29, 0.717) is 12.1 Å². The molecule has 1 heterocycles. The van der Waals surface area contributed by atoms with E-state index in [-0.39, 0.29) is 39.1 Å². The molecule has 0 unspecified atom stereocenters. The summed E-state index contributed by atoms with van der Waals surface area (Å²) in [6.07, 6.45) is 0. The van der Waals surface area contributed by atoms with Gasteiger partial charge in [-0.15, -0.1) is 0 Å². The van der Waals surface area contributed by atoms with E-state index in [1.165, 1.54) is 64.4 Å². The van der Waals surface area contributed by atoms with E-state index >= 15 is 0 Å². The van der Waals surface area contributed by atoms with Crippen molar-refractivity contribution in [1.82, 2.24) is 4.90 Å². The van der Waals surface area contributed by atoms with E-state index in [2.05, 4.69) is 0 Å². The lowest BCUT2D eigenvalue weighted by Gasteiger charge is -2.24. The molecular formula is C29H23FN2O4S. The minimum atomic E-state index is -4.06. The number of halogens is 1. The molecule has 0 saturated carbocycles. The molecule has 1 aliphatic rings. The highest BCUT2D eigenvalue weighted by Gasteiger charge is 2.36. The van der Waals surface area contributed by atoms with Gasteiger partial charge in [-0.25, -0.2) is 12.8 Å². The summed E-state index contributed by atoms with van der Waals surface area (Å²) in [6.45, 7) is 0.353. The smallest absolute Gasteiger partial charge is 0.259 e. The van der Waals surface area contributed by atoms with Gasteiger partial charge in [0.2, 0.25) is 9.84 Å². The number of fused-ring (bicyclic) bond motifs is 2. The Bertz CT molecular complexity index is 1600. The maximum absolute atomic E-state index is 13.7. The number of anilines is 1. The van der Waals surface area contributed by atoms with Crippen LogP contribution in [0.2, 0.25) is 0 Å². The molecule has 6 nitrogen and oxygen atoms in total. The van der Waals surface area contributed by atoms with Crippen LogP contribution < -0.4 is 4.90 Å². The number of carbonyl (C=O) groups excluding carboxylic acids is 2. The summed E-state index contributed by atoms with van der Waals surface area (Å²) in [5.41, 5.74) is 1.93. The minimum Gasteiger partial charge on any atom is -0.337 e. The molecule has 8 heteroatoms. The molecular weight excluding hydrogens is 491 g/mol. The van der Waals surface area contributed by atoms with Gasteiger partial charge >= 0.3 is 0 Å². The Hall–Kier alpha value is -4.30. The van der Waals surface area contributed by atoms with Crippen molar-refractivity contribution in [1.29, 1.82) is 0 Å². The van der Waals surface area contributed by atoms with E-state index < -0.39 is 21.6 Å². The molecule has 0 bridgehead atoms. The first-order valence-electron chi connectivity index (χ1n) is 11.6. The van der Waals surface area contributed by atoms with E-state index in [0.717, 1.165) is 5.56 Å². The number of nitrogens with zero attached hydrogens (tertiary/aromatic N) is 2. The third-order valence-electron chi connectivity index (χ3n) is 6.30. The molecule has 4 aromatic rings. The van der Waals surface area contributed by atoms with Gasteiger partial charge in [0.05, 0.1) is 27.6 Å². The van der Waals surface area contributed by atoms with Gasteiger partial charge in [-0.05, 0) is 53.6 Å². The fourth-order valence-electron chi connectivity index (χ4n) is 4.42. The van der Waals surface area contributed by atoms with Crippen LogP contribution in [0.5, 0.6) is 0 Å². The lowest BCUT2D eigenvalue weighted by molar-refractivity contribution is 0.0784. The quantitative estimate of drug-likeness (QED) is 0.372. The van der Waals surface area contributed by atoms with Crippen molar-refractivity contribution in [2.45, 2.75) is 22.9 Å². The number of hydrogen-bond acceptors (Lipinski definition) is 4. The molecule has 0 aromatic heterocycles. The molecule has 0 saturated heterocycles. The molecule has 0 fully saturated rings. The summed E-state index contributed by atoms with van der Waals surface area (Å²) >= 11 is 0. The van der Waals surface area contributed by atoms with Crippen molar-refractivity contribution in [3.63, 3.8) is 0 Å². The number of hydrogen-bond donors (Lipinski definition) is 0. The van der Waals surface area contributed by atoms with Crippen molar-refractivity contribution in [3.8, 4) is 0 Å². The molecule has 0 radical (unpaired) electrons. The second kappa shape index (κ2) is 9.63. The third-order valence-corrected chi connectivity index (χ3v) is 8.16. The highest BCUT2D eigenvalue weighted by atomic mass is 32.2. The van der Waals surface area contributed by atoms with Crippen LogP contribution in [0.25, 0.3) is 0 Å². The Labute approximate surface area is 214 Å². The second-order valence-electron chi connectivity index (χ2n) is 8.85.